The molecule has 1 aliphatic heterocycles. The number of thiazole rings is 1. The molecule has 3 aromatic rings. The Balaban J connectivity index is 1.90. The summed E-state index contributed by atoms with van der Waals surface area (Å²) in [7, 11) is 0. The van der Waals surface area contributed by atoms with Crippen molar-refractivity contribution in [2.24, 2.45) is 4.99 Å². The molecule has 1 unspecified atom stereocenters. The van der Waals surface area contributed by atoms with Crippen molar-refractivity contribution in [1.82, 2.24) is 4.57 Å². The number of aromatic nitrogens is 1. The average molecular weight is 579 g/mol. The Morgan fingerprint density at radius 3 is 2.29 bits per heavy atom. The van der Waals surface area contributed by atoms with E-state index in [1.165, 1.54) is 37.5 Å². The predicted molar refractivity (Wildman–Crippen MR) is 147 cm³/mol. The molecule has 2 aromatic carbocycles. The summed E-state index contributed by atoms with van der Waals surface area (Å²) < 4.78 is 22.5. The van der Waals surface area contributed by atoms with Crippen LogP contribution in [0.3, 0.4) is 0 Å². The Morgan fingerprint density at radius 2 is 1.63 bits per heavy atom. The fourth-order valence-corrected chi connectivity index (χ4v) is 5.31. The van der Waals surface area contributed by atoms with E-state index in [2.05, 4.69) is 4.99 Å². The number of hydrogen-bond acceptors (Lipinski definition) is 11. The topological polar surface area (TPSA) is 140 Å². The Hall–Kier alpha value is -4.84. The minimum absolute atomic E-state index is 0.00910. The molecule has 41 heavy (non-hydrogen) atoms. The van der Waals surface area contributed by atoms with Gasteiger partial charge in [-0.15, -0.1) is 0 Å². The molecule has 0 radical (unpaired) electrons. The van der Waals surface area contributed by atoms with Gasteiger partial charge in [0.05, 0.1) is 28.5 Å². The first-order valence-electron chi connectivity index (χ1n) is 12.5. The van der Waals surface area contributed by atoms with Crippen molar-refractivity contribution in [2.45, 2.75) is 40.7 Å². The van der Waals surface area contributed by atoms with E-state index in [0.29, 0.717) is 21.6 Å². The van der Waals surface area contributed by atoms with Crippen molar-refractivity contribution in [3.63, 3.8) is 0 Å². The molecule has 12 heteroatoms. The Labute approximate surface area is 237 Å². The van der Waals surface area contributed by atoms with Gasteiger partial charge < -0.3 is 18.9 Å². The number of rotatable bonds is 7. The molecule has 0 saturated carbocycles. The highest BCUT2D eigenvalue weighted by atomic mass is 32.1. The van der Waals surface area contributed by atoms with Gasteiger partial charge >= 0.3 is 23.9 Å². The Morgan fingerprint density at radius 1 is 0.951 bits per heavy atom. The molecular formula is C29H26N2O9S. The maximum Gasteiger partial charge on any atom is 0.338 e. The van der Waals surface area contributed by atoms with Gasteiger partial charge in [-0.1, -0.05) is 29.5 Å². The summed E-state index contributed by atoms with van der Waals surface area (Å²) in [6.45, 7) is 7.16. The van der Waals surface area contributed by atoms with Crippen LogP contribution in [0.4, 0.5) is 0 Å². The number of allylic oxidation sites excluding steroid dienone is 1. The fourth-order valence-electron chi connectivity index (χ4n) is 4.26. The number of esters is 4. The molecule has 11 nitrogen and oxygen atoms in total. The second-order valence-electron chi connectivity index (χ2n) is 8.86. The molecule has 0 aliphatic carbocycles. The average Bonchev–Trinajstić information content (AvgIpc) is 3.18. The Bertz CT molecular complexity index is 1780. The number of ether oxygens (including phenoxy) is 4. The third-order valence-electron chi connectivity index (χ3n) is 5.73. The van der Waals surface area contributed by atoms with Crippen LogP contribution in [-0.2, 0) is 23.9 Å². The highest BCUT2D eigenvalue weighted by molar-refractivity contribution is 7.07. The van der Waals surface area contributed by atoms with Crippen LogP contribution in [0.25, 0.3) is 6.08 Å². The summed E-state index contributed by atoms with van der Waals surface area (Å²) in [4.78, 5) is 66.4. The number of carbonyl (C=O) groups is 4. The molecule has 1 aliphatic rings. The molecule has 1 atom stereocenters. The van der Waals surface area contributed by atoms with Gasteiger partial charge in [-0.05, 0) is 55.3 Å². The van der Waals surface area contributed by atoms with Crippen LogP contribution < -0.4 is 29.1 Å². The lowest BCUT2D eigenvalue weighted by molar-refractivity contribution is -0.139. The highest BCUT2D eigenvalue weighted by Crippen LogP contribution is 2.33. The van der Waals surface area contributed by atoms with E-state index >= 15 is 0 Å². The Kier molecular flexibility index (Phi) is 8.62. The second kappa shape index (κ2) is 12.1. The van der Waals surface area contributed by atoms with Crippen LogP contribution in [-0.4, -0.2) is 35.1 Å². The largest absolute Gasteiger partial charge is 0.463 e. The van der Waals surface area contributed by atoms with Gasteiger partial charge in [0, 0.05) is 20.8 Å². The monoisotopic (exact) mass is 578 g/mol. The first-order valence-corrected chi connectivity index (χ1v) is 13.3. The van der Waals surface area contributed by atoms with Crippen LogP contribution >= 0.6 is 11.3 Å². The smallest absolute Gasteiger partial charge is 0.338 e. The summed E-state index contributed by atoms with van der Waals surface area (Å²) >= 11 is 1.10. The van der Waals surface area contributed by atoms with Crippen LogP contribution in [0.2, 0.25) is 0 Å². The number of benzene rings is 2. The van der Waals surface area contributed by atoms with Crippen molar-refractivity contribution in [1.29, 1.82) is 0 Å². The van der Waals surface area contributed by atoms with Gasteiger partial charge in [-0.25, -0.2) is 9.79 Å². The van der Waals surface area contributed by atoms with E-state index in [-0.39, 0.29) is 34.0 Å². The van der Waals surface area contributed by atoms with Crippen molar-refractivity contribution in [3.05, 3.63) is 84.5 Å². The van der Waals surface area contributed by atoms with Gasteiger partial charge in [0.2, 0.25) is 0 Å². The summed E-state index contributed by atoms with van der Waals surface area (Å²) in [5.74, 6) is -2.04. The number of fused-ring (bicyclic) bond motifs is 1. The lowest BCUT2D eigenvalue weighted by Gasteiger charge is -2.25. The zero-order valence-corrected chi connectivity index (χ0v) is 23.7. The van der Waals surface area contributed by atoms with Gasteiger partial charge in [0.1, 0.15) is 5.75 Å². The highest BCUT2D eigenvalue weighted by Gasteiger charge is 2.33. The van der Waals surface area contributed by atoms with Crippen LogP contribution in [0.1, 0.15) is 51.8 Å². The minimum Gasteiger partial charge on any atom is -0.463 e. The van der Waals surface area contributed by atoms with Crippen molar-refractivity contribution < 1.29 is 38.1 Å². The van der Waals surface area contributed by atoms with Crippen LogP contribution in [0.5, 0.6) is 17.2 Å². The summed E-state index contributed by atoms with van der Waals surface area (Å²) in [5, 5.41) is 0. The maximum atomic E-state index is 13.8. The van der Waals surface area contributed by atoms with Gasteiger partial charge in [0.15, 0.2) is 16.3 Å². The van der Waals surface area contributed by atoms with E-state index in [1.807, 2.05) is 0 Å². The van der Waals surface area contributed by atoms with Crippen molar-refractivity contribution in [2.75, 3.05) is 6.61 Å². The van der Waals surface area contributed by atoms with E-state index in [4.69, 9.17) is 18.9 Å². The van der Waals surface area contributed by atoms with Crippen molar-refractivity contribution >= 4 is 41.3 Å². The lowest BCUT2D eigenvalue weighted by atomic mass is 9.95. The molecule has 4 rings (SSSR count). The SMILES string of the molecule is CCOC(=O)C1=C(C)N=c2s/c(=C\c3ccc(OC(C)=O)c(OC(C)=O)c3)c(=O)n2C1c1cccc(OC(C)=O)c1. The third kappa shape index (κ3) is 6.49. The normalized spacial score (nSPS) is 14.6. The molecule has 0 fully saturated rings. The third-order valence-corrected chi connectivity index (χ3v) is 6.71. The first kappa shape index (κ1) is 29.2. The molecule has 0 N–H and O–H groups in total. The predicted octanol–water partition coefficient (Wildman–Crippen LogP) is 2.57. The number of hydrogen-bond donors (Lipinski definition) is 0. The molecule has 0 bridgehead atoms. The lowest BCUT2D eigenvalue weighted by Crippen LogP contribution is -2.40. The fraction of sp³-hybridized carbons (Fsp3) is 0.241. The molecule has 0 saturated heterocycles. The zero-order valence-electron chi connectivity index (χ0n) is 22.9. The molecule has 0 spiro atoms. The van der Waals surface area contributed by atoms with E-state index in [1.54, 1.807) is 50.3 Å². The maximum absolute atomic E-state index is 13.8. The molecule has 1 aromatic heterocycles. The quantitative estimate of drug-likeness (QED) is 0.306. The molecule has 2 heterocycles. The van der Waals surface area contributed by atoms with Gasteiger partial charge in [-0.2, -0.15) is 0 Å². The summed E-state index contributed by atoms with van der Waals surface area (Å²) in [6, 6.07) is 10.1. The second-order valence-corrected chi connectivity index (χ2v) is 9.87. The van der Waals surface area contributed by atoms with Gasteiger partial charge in [0.25, 0.3) is 5.56 Å². The van der Waals surface area contributed by atoms with Crippen LogP contribution in [0.15, 0.2) is 63.5 Å². The summed E-state index contributed by atoms with van der Waals surface area (Å²) in [6.07, 6.45) is 1.57. The first-order chi connectivity index (χ1) is 19.5. The van der Waals surface area contributed by atoms with Crippen LogP contribution in [0, 0.1) is 0 Å². The van der Waals surface area contributed by atoms with E-state index in [0.717, 1.165) is 11.3 Å². The molecular weight excluding hydrogens is 552 g/mol. The molecule has 0 amide bonds. The standard InChI is InChI=1S/C29H26N2O9S/c1-6-37-28(36)25-15(2)30-29-31(26(25)20-8-7-9-21(14-20)38-16(3)32)27(35)24(41-29)13-19-10-11-22(39-17(4)33)23(12-19)40-18(5)34/h7-14,26H,6H2,1-5H3/b24-13-. The summed E-state index contributed by atoms with van der Waals surface area (Å²) in [5.41, 5.74) is 1.11. The molecule has 212 valence electrons. The number of nitrogens with zero attached hydrogens (tertiary/aromatic N) is 2. The van der Waals surface area contributed by atoms with E-state index < -0.39 is 35.5 Å². The number of carbonyl (C=O) groups excluding carboxylic acids is 4. The van der Waals surface area contributed by atoms with Crippen molar-refractivity contribution in [3.8, 4) is 17.2 Å². The zero-order chi connectivity index (χ0) is 29.8. The van der Waals surface area contributed by atoms with E-state index in [9.17, 15) is 24.0 Å². The minimum atomic E-state index is -0.911. The van der Waals surface area contributed by atoms with Gasteiger partial charge in [-0.3, -0.25) is 23.7 Å².